The van der Waals surface area contributed by atoms with Crippen molar-refractivity contribution in [3.05, 3.63) is 23.8 Å². The summed E-state index contributed by atoms with van der Waals surface area (Å²) in [7, 11) is -1.32. The van der Waals surface area contributed by atoms with Gasteiger partial charge in [0, 0.05) is 6.42 Å². The summed E-state index contributed by atoms with van der Waals surface area (Å²) in [6.07, 6.45) is 6.34. The van der Waals surface area contributed by atoms with E-state index in [0.29, 0.717) is 12.8 Å². The molecule has 3 N–H and O–H groups in total. The molecule has 0 radical (unpaired) electrons. The Morgan fingerprint density at radius 1 is 1.52 bits per heavy atom. The number of allylic oxidation sites excluding steroid dienone is 1. The summed E-state index contributed by atoms with van der Waals surface area (Å²) in [5, 5.41) is 19.8. The average molecular weight is 313 g/mol. The van der Waals surface area contributed by atoms with Crippen LogP contribution in [0.3, 0.4) is 0 Å². The van der Waals surface area contributed by atoms with Crippen LogP contribution in [-0.4, -0.2) is 36.9 Å². The van der Waals surface area contributed by atoms with Crippen LogP contribution in [0.2, 0.25) is 13.1 Å². The maximum Gasteiger partial charge on any atom is 0.323 e. The lowest BCUT2D eigenvalue weighted by Gasteiger charge is -2.39. The normalized spacial score (nSPS) is 24.0. The first-order valence-electron chi connectivity index (χ1n) is 7.30. The third-order valence-corrected chi connectivity index (χ3v) is 4.34. The third kappa shape index (κ3) is 5.07. The van der Waals surface area contributed by atoms with Crippen LogP contribution in [-0.2, 0) is 9.32 Å². The molecule has 120 valence electrons. The number of hydrogen-bond donors (Lipinski definition) is 3. The minimum Gasteiger partial charge on any atom is -0.480 e. The minimum absolute atomic E-state index is 0.262. The molecule has 0 fully saturated rings. The molecule has 0 aromatic heterocycles. The van der Waals surface area contributed by atoms with Crippen LogP contribution in [0, 0.1) is 5.41 Å². The first-order chi connectivity index (χ1) is 9.55. The summed E-state index contributed by atoms with van der Waals surface area (Å²) in [6.45, 7) is 9.89. The van der Waals surface area contributed by atoms with Gasteiger partial charge in [-0.2, -0.15) is 0 Å². The summed E-state index contributed by atoms with van der Waals surface area (Å²) in [4.78, 5) is 11.2. The number of carbonyl (C=O) groups is 1. The van der Waals surface area contributed by atoms with Crippen LogP contribution in [0.4, 0.5) is 0 Å². The van der Waals surface area contributed by atoms with E-state index in [0.717, 1.165) is 5.57 Å². The predicted molar refractivity (Wildman–Crippen MR) is 85.4 cm³/mol. The molecule has 0 spiro atoms. The van der Waals surface area contributed by atoms with E-state index in [2.05, 4.69) is 5.48 Å². The summed E-state index contributed by atoms with van der Waals surface area (Å²) < 4.78 is 5.31. The zero-order valence-electron chi connectivity index (χ0n) is 13.5. The molecule has 0 aliphatic heterocycles. The molecule has 6 heteroatoms. The second-order valence-corrected chi connectivity index (χ2v) is 9.20. The number of aliphatic carboxylic acids is 1. The Bertz CT molecular complexity index is 439. The Hall–Kier alpha value is -0.953. The molecule has 0 saturated heterocycles. The molecule has 0 amide bonds. The summed E-state index contributed by atoms with van der Waals surface area (Å²) in [5.74, 6) is -0.935. The van der Waals surface area contributed by atoms with Crippen molar-refractivity contribution in [3.63, 3.8) is 0 Å². The van der Waals surface area contributed by atoms with Crippen molar-refractivity contribution in [3.8, 4) is 0 Å². The number of carboxylic acids is 1. The van der Waals surface area contributed by atoms with Gasteiger partial charge in [0.1, 0.15) is 6.04 Å². The highest BCUT2D eigenvalue weighted by atomic mass is 28.3. The lowest BCUT2D eigenvalue weighted by atomic mass is 9.72. The fraction of sp³-hybridized carbons (Fsp3) is 0.667. The molecule has 0 bridgehead atoms. The van der Waals surface area contributed by atoms with Gasteiger partial charge in [0.15, 0.2) is 9.04 Å². The van der Waals surface area contributed by atoms with E-state index >= 15 is 0 Å². The van der Waals surface area contributed by atoms with Crippen molar-refractivity contribution in [2.75, 3.05) is 0 Å². The fourth-order valence-electron chi connectivity index (χ4n) is 2.01. The Labute approximate surface area is 128 Å². The van der Waals surface area contributed by atoms with Gasteiger partial charge in [-0.3, -0.25) is 4.79 Å². The molecule has 21 heavy (non-hydrogen) atoms. The van der Waals surface area contributed by atoms with Crippen LogP contribution >= 0.6 is 0 Å². The monoisotopic (exact) mass is 313 g/mol. The lowest BCUT2D eigenvalue weighted by Crippen LogP contribution is -2.42. The van der Waals surface area contributed by atoms with E-state index in [1.54, 1.807) is 6.08 Å². The lowest BCUT2D eigenvalue weighted by molar-refractivity contribution is -0.141. The van der Waals surface area contributed by atoms with Gasteiger partial charge in [-0.15, -0.1) is 0 Å². The highest BCUT2D eigenvalue weighted by Gasteiger charge is 2.38. The van der Waals surface area contributed by atoms with Crippen molar-refractivity contribution >= 4 is 15.0 Å². The van der Waals surface area contributed by atoms with Crippen molar-refractivity contribution in [2.45, 2.75) is 58.3 Å². The van der Waals surface area contributed by atoms with E-state index in [9.17, 15) is 15.0 Å². The van der Waals surface area contributed by atoms with E-state index in [4.69, 9.17) is 4.53 Å². The molecule has 1 aliphatic carbocycles. The first kappa shape index (κ1) is 18.1. The Balaban J connectivity index is 2.68. The van der Waals surface area contributed by atoms with Crippen molar-refractivity contribution in [2.24, 2.45) is 5.41 Å². The van der Waals surface area contributed by atoms with E-state index in [-0.39, 0.29) is 5.41 Å². The minimum atomic E-state index is -1.32. The molecule has 1 unspecified atom stereocenters. The number of nitrogens with one attached hydrogen (secondary N) is 1. The van der Waals surface area contributed by atoms with Crippen molar-refractivity contribution < 1.29 is 19.5 Å². The maximum atomic E-state index is 11.2. The smallest absolute Gasteiger partial charge is 0.323 e. The standard InChI is InChI=1S/C15H27NO4Si/c1-14(2,3)15(19)8-6-11(7-9-15)10-12(13(17)18)16-20-21(4)5/h6-8,12,16,19,21H,9-10H2,1-5H3,(H,17,18)/t12-,15?/m0/s1. The SMILES string of the molecule is C[SiH](C)ON[C@@H](CC1=CCC(O)(C(C)(C)C)C=C1)C(=O)O. The van der Waals surface area contributed by atoms with Crippen LogP contribution in [0.15, 0.2) is 23.8 Å². The van der Waals surface area contributed by atoms with Gasteiger partial charge < -0.3 is 14.7 Å². The molecular formula is C15H27NO4Si. The molecule has 1 rings (SSSR count). The number of aliphatic hydroxyl groups is 1. The van der Waals surface area contributed by atoms with Gasteiger partial charge in [-0.1, -0.05) is 39.0 Å². The zero-order valence-corrected chi connectivity index (χ0v) is 14.7. The molecular weight excluding hydrogens is 286 g/mol. The van der Waals surface area contributed by atoms with Gasteiger partial charge in [-0.25, -0.2) is 5.48 Å². The van der Waals surface area contributed by atoms with Gasteiger partial charge in [-0.05, 0) is 30.5 Å². The maximum absolute atomic E-state index is 11.2. The first-order valence-corrected chi connectivity index (χ1v) is 10.1. The zero-order chi connectivity index (χ0) is 16.3. The number of hydrogen-bond acceptors (Lipinski definition) is 4. The van der Waals surface area contributed by atoms with Crippen LogP contribution in [0.25, 0.3) is 0 Å². The number of carboxylic acid groups (broad SMARTS) is 1. The Morgan fingerprint density at radius 2 is 2.14 bits per heavy atom. The van der Waals surface area contributed by atoms with Gasteiger partial charge >= 0.3 is 5.97 Å². The summed E-state index contributed by atoms with van der Waals surface area (Å²) >= 11 is 0. The second kappa shape index (κ2) is 6.87. The summed E-state index contributed by atoms with van der Waals surface area (Å²) in [6, 6.07) is -0.767. The topological polar surface area (TPSA) is 78.8 Å². The second-order valence-electron chi connectivity index (χ2n) is 6.87. The van der Waals surface area contributed by atoms with Crippen LogP contribution in [0.1, 0.15) is 33.6 Å². The molecule has 1 aliphatic rings. The summed E-state index contributed by atoms with van der Waals surface area (Å²) in [5.41, 5.74) is 2.40. The van der Waals surface area contributed by atoms with Crippen LogP contribution < -0.4 is 5.48 Å². The highest BCUT2D eigenvalue weighted by molar-refractivity contribution is 6.48. The number of hydroxylamine groups is 1. The van der Waals surface area contributed by atoms with Gasteiger partial charge in [0.25, 0.3) is 0 Å². The number of rotatable bonds is 6. The predicted octanol–water partition coefficient (Wildman–Crippen LogP) is 2.00. The van der Waals surface area contributed by atoms with Crippen LogP contribution in [0.5, 0.6) is 0 Å². The quantitative estimate of drug-likeness (QED) is 0.516. The molecule has 0 aromatic rings. The van der Waals surface area contributed by atoms with Crippen molar-refractivity contribution in [1.29, 1.82) is 0 Å². The van der Waals surface area contributed by atoms with Gasteiger partial charge in [0.05, 0.1) is 5.60 Å². The molecule has 2 atom stereocenters. The highest BCUT2D eigenvalue weighted by Crippen LogP contribution is 2.37. The largest absolute Gasteiger partial charge is 0.480 e. The molecule has 0 saturated carbocycles. The Kier molecular flexibility index (Phi) is 5.92. The van der Waals surface area contributed by atoms with Crippen molar-refractivity contribution in [1.82, 2.24) is 5.48 Å². The average Bonchev–Trinajstić information content (AvgIpc) is 2.34. The molecule has 0 aromatic carbocycles. The third-order valence-electron chi connectivity index (χ3n) is 3.73. The fourth-order valence-corrected chi connectivity index (χ4v) is 2.44. The van der Waals surface area contributed by atoms with E-state index in [1.807, 2.05) is 46.0 Å². The molecule has 0 heterocycles. The molecule has 5 nitrogen and oxygen atoms in total. The Morgan fingerprint density at radius 3 is 2.52 bits per heavy atom. The van der Waals surface area contributed by atoms with E-state index in [1.165, 1.54) is 0 Å². The van der Waals surface area contributed by atoms with E-state index < -0.39 is 26.7 Å². The van der Waals surface area contributed by atoms with Gasteiger partial charge in [0.2, 0.25) is 0 Å².